The van der Waals surface area contributed by atoms with Gasteiger partial charge in [0.05, 0.1) is 6.54 Å². The topological polar surface area (TPSA) is 54.5 Å². The zero-order chi connectivity index (χ0) is 13.7. The van der Waals surface area contributed by atoms with Gasteiger partial charge in [-0.1, -0.05) is 15.9 Å². The molecule has 4 nitrogen and oxygen atoms in total. The van der Waals surface area contributed by atoms with Gasteiger partial charge < -0.3 is 0 Å². The summed E-state index contributed by atoms with van der Waals surface area (Å²) in [5.41, 5.74) is 0.164. The smallest absolute Gasteiger partial charge is 0.259 e. The van der Waals surface area contributed by atoms with Crippen LogP contribution in [-0.4, -0.2) is 23.4 Å². The van der Waals surface area contributed by atoms with E-state index in [9.17, 15) is 17.6 Å². The number of benzene rings is 1. The van der Waals surface area contributed by atoms with Crippen molar-refractivity contribution >= 4 is 31.9 Å². The van der Waals surface area contributed by atoms with E-state index in [1.165, 1.54) is 32.0 Å². The second-order valence-electron chi connectivity index (χ2n) is 4.56. The highest BCUT2D eigenvalue weighted by atomic mass is 79.9. The third-order valence-electron chi connectivity index (χ3n) is 3.00. The number of sulfonamides is 1. The van der Waals surface area contributed by atoms with E-state index in [0.717, 1.165) is 0 Å². The fourth-order valence-corrected chi connectivity index (χ4v) is 3.65. The molecular formula is C11H11BrFNO3S. The van der Waals surface area contributed by atoms with Crippen LogP contribution in [0.3, 0.4) is 0 Å². The van der Waals surface area contributed by atoms with Gasteiger partial charge in [0.25, 0.3) is 15.9 Å². The summed E-state index contributed by atoms with van der Waals surface area (Å²) in [6.45, 7) is 2.42. The quantitative estimate of drug-likeness (QED) is 0.831. The normalized spacial score (nSPS) is 20.7. The zero-order valence-corrected chi connectivity index (χ0v) is 12.2. The van der Waals surface area contributed by atoms with Crippen molar-refractivity contribution in [2.75, 3.05) is 0 Å². The molecule has 1 fully saturated rings. The highest BCUT2D eigenvalue weighted by Crippen LogP contribution is 2.36. The van der Waals surface area contributed by atoms with Gasteiger partial charge in [0.1, 0.15) is 5.82 Å². The minimum atomic E-state index is -3.68. The number of nitrogens with zero attached hydrogens (tertiary/aromatic N) is 1. The van der Waals surface area contributed by atoms with Crippen LogP contribution in [-0.2, 0) is 21.4 Å². The van der Waals surface area contributed by atoms with E-state index in [1.54, 1.807) is 0 Å². The van der Waals surface area contributed by atoms with Crippen molar-refractivity contribution < 1.29 is 17.6 Å². The maximum Gasteiger partial charge on any atom is 0.259 e. The van der Waals surface area contributed by atoms with Crippen molar-refractivity contribution in [2.24, 2.45) is 0 Å². The van der Waals surface area contributed by atoms with Crippen molar-refractivity contribution in [3.05, 3.63) is 34.1 Å². The predicted octanol–water partition coefficient (Wildman–Crippen LogP) is 2.04. The summed E-state index contributed by atoms with van der Waals surface area (Å²) < 4.78 is 37.1. The molecule has 0 bridgehead atoms. The van der Waals surface area contributed by atoms with E-state index in [4.69, 9.17) is 0 Å². The molecule has 0 atom stereocenters. The summed E-state index contributed by atoms with van der Waals surface area (Å²) in [6.07, 6.45) is 0. The Hall–Kier alpha value is -0.950. The number of hydrogen-bond acceptors (Lipinski definition) is 3. The standard InChI is InChI=1S/C11H11BrFNO3S/c1-11(2)10(15)14(18(11,16)17)6-7-5-8(12)3-4-9(7)13/h3-5H,6H2,1-2H3. The third kappa shape index (κ3) is 1.76. The molecule has 0 radical (unpaired) electrons. The Labute approximate surface area is 113 Å². The summed E-state index contributed by atoms with van der Waals surface area (Å²) in [6, 6.07) is 4.19. The molecule has 0 spiro atoms. The Kier molecular flexibility index (Phi) is 3.02. The molecule has 1 aromatic rings. The van der Waals surface area contributed by atoms with Crippen molar-refractivity contribution in [3.8, 4) is 0 Å². The minimum Gasteiger partial charge on any atom is -0.272 e. The molecule has 1 aliphatic heterocycles. The van der Waals surface area contributed by atoms with Crippen LogP contribution < -0.4 is 0 Å². The Morgan fingerprint density at radius 3 is 2.56 bits per heavy atom. The van der Waals surface area contributed by atoms with Crippen LogP contribution in [0.4, 0.5) is 4.39 Å². The SMILES string of the molecule is CC1(C)C(=O)N(Cc2cc(Br)ccc2F)S1(=O)=O. The van der Waals surface area contributed by atoms with Crippen LogP contribution in [0.5, 0.6) is 0 Å². The fraction of sp³-hybridized carbons (Fsp3) is 0.364. The lowest BCUT2D eigenvalue weighted by Gasteiger charge is -2.43. The molecule has 18 heavy (non-hydrogen) atoms. The van der Waals surface area contributed by atoms with Gasteiger partial charge in [-0.3, -0.25) is 4.79 Å². The molecule has 0 aromatic heterocycles. The largest absolute Gasteiger partial charge is 0.272 e. The van der Waals surface area contributed by atoms with Gasteiger partial charge in [-0.25, -0.2) is 17.1 Å². The van der Waals surface area contributed by atoms with Gasteiger partial charge in [0, 0.05) is 10.0 Å². The first-order valence-electron chi connectivity index (χ1n) is 5.18. The van der Waals surface area contributed by atoms with Crippen molar-refractivity contribution in [1.82, 2.24) is 4.31 Å². The summed E-state index contributed by atoms with van der Waals surface area (Å²) >= 11 is 3.17. The maximum absolute atomic E-state index is 13.5. The number of rotatable bonds is 2. The Morgan fingerprint density at radius 1 is 1.39 bits per heavy atom. The monoisotopic (exact) mass is 335 g/mol. The summed E-state index contributed by atoms with van der Waals surface area (Å²) in [4.78, 5) is 11.7. The van der Waals surface area contributed by atoms with Crippen LogP contribution >= 0.6 is 15.9 Å². The lowest BCUT2D eigenvalue weighted by atomic mass is 10.1. The summed E-state index contributed by atoms with van der Waals surface area (Å²) in [5.74, 6) is -1.05. The van der Waals surface area contributed by atoms with Crippen LogP contribution in [0, 0.1) is 5.82 Å². The number of halogens is 2. The Bertz CT molecular complexity index is 627. The van der Waals surface area contributed by atoms with Gasteiger partial charge in [0.2, 0.25) is 0 Å². The number of amides is 1. The minimum absolute atomic E-state index is 0.164. The van der Waals surface area contributed by atoms with Crippen LogP contribution in [0.25, 0.3) is 0 Å². The molecule has 0 aliphatic carbocycles. The zero-order valence-electron chi connectivity index (χ0n) is 9.78. The Morgan fingerprint density at radius 2 is 2.00 bits per heavy atom. The molecular weight excluding hydrogens is 325 g/mol. The third-order valence-corrected chi connectivity index (χ3v) is 5.83. The molecule has 1 saturated heterocycles. The highest BCUT2D eigenvalue weighted by Gasteiger charge is 2.59. The average molecular weight is 336 g/mol. The lowest BCUT2D eigenvalue weighted by Crippen LogP contribution is -2.66. The fourth-order valence-electron chi connectivity index (χ4n) is 1.73. The molecule has 0 N–H and O–H groups in total. The van der Waals surface area contributed by atoms with Gasteiger partial charge in [-0.15, -0.1) is 0 Å². The summed E-state index contributed by atoms with van der Waals surface area (Å²) in [7, 11) is -3.68. The highest BCUT2D eigenvalue weighted by molar-refractivity contribution is 9.10. The molecule has 0 unspecified atom stereocenters. The molecule has 0 saturated carbocycles. The number of carbonyl (C=O) groups excluding carboxylic acids is 1. The van der Waals surface area contributed by atoms with E-state index >= 15 is 0 Å². The van der Waals surface area contributed by atoms with Crippen molar-refractivity contribution in [3.63, 3.8) is 0 Å². The predicted molar refractivity (Wildman–Crippen MR) is 67.6 cm³/mol. The molecule has 1 aliphatic rings. The Balaban J connectivity index is 2.32. The molecule has 1 heterocycles. The number of hydrogen-bond donors (Lipinski definition) is 0. The van der Waals surface area contributed by atoms with Crippen molar-refractivity contribution in [2.45, 2.75) is 25.1 Å². The summed E-state index contributed by atoms with van der Waals surface area (Å²) in [5, 5.41) is 0. The maximum atomic E-state index is 13.5. The molecule has 1 aromatic carbocycles. The van der Waals surface area contributed by atoms with Crippen LogP contribution in [0.15, 0.2) is 22.7 Å². The van der Waals surface area contributed by atoms with E-state index in [-0.39, 0.29) is 12.1 Å². The van der Waals surface area contributed by atoms with Gasteiger partial charge in [-0.2, -0.15) is 0 Å². The lowest BCUT2D eigenvalue weighted by molar-refractivity contribution is -0.132. The first-order valence-corrected chi connectivity index (χ1v) is 7.42. The van der Waals surface area contributed by atoms with E-state index < -0.39 is 26.5 Å². The number of carbonyl (C=O) groups is 1. The van der Waals surface area contributed by atoms with Gasteiger partial charge >= 0.3 is 0 Å². The second kappa shape index (κ2) is 4.03. The molecule has 7 heteroatoms. The molecule has 2 rings (SSSR count). The average Bonchev–Trinajstić information content (AvgIpc) is 2.28. The van der Waals surface area contributed by atoms with Gasteiger partial charge in [-0.05, 0) is 32.0 Å². The molecule has 1 amide bonds. The first kappa shape index (κ1) is 13.5. The van der Waals surface area contributed by atoms with E-state index in [0.29, 0.717) is 8.78 Å². The van der Waals surface area contributed by atoms with Crippen LogP contribution in [0.1, 0.15) is 19.4 Å². The van der Waals surface area contributed by atoms with Gasteiger partial charge in [0.15, 0.2) is 4.75 Å². The van der Waals surface area contributed by atoms with Crippen molar-refractivity contribution in [1.29, 1.82) is 0 Å². The van der Waals surface area contributed by atoms with E-state index in [2.05, 4.69) is 15.9 Å². The van der Waals surface area contributed by atoms with E-state index in [1.807, 2.05) is 0 Å². The molecule has 98 valence electrons. The van der Waals surface area contributed by atoms with Crippen LogP contribution in [0.2, 0.25) is 0 Å². The first-order chi connectivity index (χ1) is 8.18. The second-order valence-corrected chi connectivity index (χ2v) is 7.89.